The first-order chi connectivity index (χ1) is 8.99. The normalized spacial score (nSPS) is 20.8. The Balaban J connectivity index is 2.03. The molecule has 0 aromatic heterocycles. The predicted molar refractivity (Wildman–Crippen MR) is 70.3 cm³/mol. The summed E-state index contributed by atoms with van der Waals surface area (Å²) in [7, 11) is 1.57. The van der Waals surface area contributed by atoms with Crippen LogP contribution in [-0.4, -0.2) is 41.5 Å². The average Bonchev–Trinajstić information content (AvgIpc) is 2.66. The highest BCUT2D eigenvalue weighted by molar-refractivity contribution is 5.84. The molecule has 0 saturated carbocycles. The van der Waals surface area contributed by atoms with E-state index in [2.05, 4.69) is 5.32 Å². The molecule has 0 heterocycles. The summed E-state index contributed by atoms with van der Waals surface area (Å²) in [5.41, 5.74) is 2.01. The highest BCUT2D eigenvalue weighted by Gasteiger charge is 2.31. The molecular weight excluding hydrogens is 244 g/mol. The standard InChI is InChI=1S/C14H18N2O3/c1-9(17)16(2)8-13(19)15-14-11-6-4-3-5-10(11)7-12(14)18/h3-6,12,14,18H,7-8H2,1-2H3,(H,15,19)/t12-,14+/m1/s1. The molecule has 1 aliphatic carbocycles. The van der Waals surface area contributed by atoms with Gasteiger partial charge in [-0.1, -0.05) is 24.3 Å². The van der Waals surface area contributed by atoms with Crippen LogP contribution in [0.5, 0.6) is 0 Å². The molecular formula is C14H18N2O3. The van der Waals surface area contributed by atoms with Gasteiger partial charge in [-0.3, -0.25) is 9.59 Å². The second-order valence-corrected chi connectivity index (χ2v) is 4.89. The molecule has 5 nitrogen and oxygen atoms in total. The molecule has 0 spiro atoms. The van der Waals surface area contributed by atoms with E-state index in [0.717, 1.165) is 11.1 Å². The third-order valence-electron chi connectivity index (χ3n) is 3.44. The molecule has 19 heavy (non-hydrogen) atoms. The summed E-state index contributed by atoms with van der Waals surface area (Å²) in [6.45, 7) is 1.41. The minimum Gasteiger partial charge on any atom is -0.390 e. The molecule has 0 aliphatic heterocycles. The number of rotatable bonds is 3. The van der Waals surface area contributed by atoms with Crippen molar-refractivity contribution >= 4 is 11.8 Å². The third kappa shape index (κ3) is 2.93. The van der Waals surface area contributed by atoms with Gasteiger partial charge in [-0.05, 0) is 11.1 Å². The Morgan fingerprint density at radius 2 is 2.11 bits per heavy atom. The van der Waals surface area contributed by atoms with Gasteiger partial charge in [0, 0.05) is 20.4 Å². The SMILES string of the molecule is CC(=O)N(C)CC(=O)N[C@H]1c2ccccc2C[C@H]1O. The van der Waals surface area contributed by atoms with Crippen LogP contribution in [0.2, 0.25) is 0 Å². The van der Waals surface area contributed by atoms with Gasteiger partial charge in [0.1, 0.15) is 0 Å². The molecule has 0 radical (unpaired) electrons. The number of aliphatic hydroxyl groups excluding tert-OH is 1. The number of nitrogens with one attached hydrogen (secondary N) is 1. The number of carbonyl (C=O) groups is 2. The molecule has 0 saturated heterocycles. The largest absolute Gasteiger partial charge is 0.390 e. The molecule has 2 amide bonds. The molecule has 1 aliphatic rings. The summed E-state index contributed by atoms with van der Waals surface area (Å²) in [4.78, 5) is 24.3. The first-order valence-corrected chi connectivity index (χ1v) is 6.26. The van der Waals surface area contributed by atoms with Crippen molar-refractivity contribution in [1.29, 1.82) is 0 Å². The summed E-state index contributed by atoms with van der Waals surface area (Å²) >= 11 is 0. The number of likely N-dealkylation sites (N-methyl/N-ethyl adjacent to an activating group) is 1. The minimum absolute atomic E-state index is 0.000715. The molecule has 2 atom stereocenters. The van der Waals surface area contributed by atoms with E-state index in [1.807, 2.05) is 24.3 Å². The lowest BCUT2D eigenvalue weighted by Gasteiger charge is -2.20. The van der Waals surface area contributed by atoms with Crippen LogP contribution in [0.15, 0.2) is 24.3 Å². The first kappa shape index (κ1) is 13.5. The number of aliphatic hydroxyl groups is 1. The molecule has 1 aromatic rings. The summed E-state index contributed by atoms with van der Waals surface area (Å²) < 4.78 is 0. The first-order valence-electron chi connectivity index (χ1n) is 6.26. The van der Waals surface area contributed by atoms with Gasteiger partial charge >= 0.3 is 0 Å². The quantitative estimate of drug-likeness (QED) is 0.820. The van der Waals surface area contributed by atoms with E-state index >= 15 is 0 Å². The van der Waals surface area contributed by atoms with Crippen LogP contribution in [0.25, 0.3) is 0 Å². The molecule has 0 fully saturated rings. The van der Waals surface area contributed by atoms with Crippen LogP contribution in [0.3, 0.4) is 0 Å². The van der Waals surface area contributed by atoms with Crippen molar-refractivity contribution in [3.05, 3.63) is 35.4 Å². The van der Waals surface area contributed by atoms with Crippen molar-refractivity contribution < 1.29 is 14.7 Å². The number of benzene rings is 1. The zero-order valence-electron chi connectivity index (χ0n) is 11.1. The fourth-order valence-electron chi connectivity index (χ4n) is 2.29. The van der Waals surface area contributed by atoms with Gasteiger partial charge in [0.25, 0.3) is 0 Å². The van der Waals surface area contributed by atoms with Crippen LogP contribution >= 0.6 is 0 Å². The number of nitrogens with zero attached hydrogens (tertiary/aromatic N) is 1. The van der Waals surface area contributed by atoms with Gasteiger partial charge in [-0.15, -0.1) is 0 Å². The summed E-state index contributed by atoms with van der Waals surface area (Å²) in [5, 5.41) is 12.8. The van der Waals surface area contributed by atoms with Crippen molar-refractivity contribution in [2.24, 2.45) is 0 Å². The molecule has 102 valence electrons. The van der Waals surface area contributed by atoms with Gasteiger partial charge in [-0.2, -0.15) is 0 Å². The maximum absolute atomic E-state index is 11.9. The lowest BCUT2D eigenvalue weighted by molar-refractivity contribution is -0.133. The van der Waals surface area contributed by atoms with Crippen molar-refractivity contribution in [3.63, 3.8) is 0 Å². The van der Waals surface area contributed by atoms with E-state index in [4.69, 9.17) is 0 Å². The Labute approximate surface area is 112 Å². The predicted octanol–water partition coefficient (Wildman–Crippen LogP) is 0.239. The maximum atomic E-state index is 11.9. The van der Waals surface area contributed by atoms with Crippen molar-refractivity contribution in [2.45, 2.75) is 25.5 Å². The van der Waals surface area contributed by atoms with E-state index in [1.165, 1.54) is 11.8 Å². The monoisotopic (exact) mass is 262 g/mol. The number of hydrogen-bond donors (Lipinski definition) is 2. The summed E-state index contributed by atoms with van der Waals surface area (Å²) in [6.07, 6.45) is -0.0621. The van der Waals surface area contributed by atoms with Gasteiger partial charge < -0.3 is 15.3 Å². The minimum atomic E-state index is -0.607. The van der Waals surface area contributed by atoms with E-state index < -0.39 is 6.10 Å². The number of carbonyl (C=O) groups excluding carboxylic acids is 2. The van der Waals surface area contributed by atoms with Gasteiger partial charge in [0.2, 0.25) is 11.8 Å². The summed E-state index contributed by atoms with van der Waals surface area (Å²) in [5.74, 6) is -0.430. The fraction of sp³-hybridized carbons (Fsp3) is 0.429. The molecule has 5 heteroatoms. The van der Waals surface area contributed by atoms with E-state index in [-0.39, 0.29) is 24.4 Å². The number of hydrogen-bond acceptors (Lipinski definition) is 3. The Bertz CT molecular complexity index is 501. The smallest absolute Gasteiger partial charge is 0.240 e. The van der Waals surface area contributed by atoms with Crippen LogP contribution in [0, 0.1) is 0 Å². The lowest BCUT2D eigenvalue weighted by atomic mass is 10.1. The molecule has 1 aromatic carbocycles. The van der Waals surface area contributed by atoms with Crippen LogP contribution < -0.4 is 5.32 Å². The van der Waals surface area contributed by atoms with Gasteiger partial charge in [-0.25, -0.2) is 0 Å². The van der Waals surface area contributed by atoms with E-state index in [9.17, 15) is 14.7 Å². The zero-order chi connectivity index (χ0) is 14.0. The topological polar surface area (TPSA) is 69.6 Å². The Morgan fingerprint density at radius 3 is 2.79 bits per heavy atom. The lowest BCUT2D eigenvalue weighted by Crippen LogP contribution is -2.41. The van der Waals surface area contributed by atoms with Gasteiger partial charge in [0.15, 0.2) is 0 Å². The maximum Gasteiger partial charge on any atom is 0.240 e. The zero-order valence-corrected chi connectivity index (χ0v) is 11.1. The van der Waals surface area contributed by atoms with Gasteiger partial charge in [0.05, 0.1) is 18.7 Å². The molecule has 2 rings (SSSR count). The van der Waals surface area contributed by atoms with Crippen molar-refractivity contribution in [2.75, 3.05) is 13.6 Å². The van der Waals surface area contributed by atoms with Crippen molar-refractivity contribution in [3.8, 4) is 0 Å². The van der Waals surface area contributed by atoms with Crippen LogP contribution in [0.1, 0.15) is 24.1 Å². The Hall–Kier alpha value is -1.88. The fourth-order valence-corrected chi connectivity index (χ4v) is 2.29. The number of amides is 2. The van der Waals surface area contributed by atoms with E-state index in [0.29, 0.717) is 6.42 Å². The van der Waals surface area contributed by atoms with E-state index in [1.54, 1.807) is 7.05 Å². The highest BCUT2D eigenvalue weighted by atomic mass is 16.3. The highest BCUT2D eigenvalue weighted by Crippen LogP contribution is 2.30. The molecule has 0 unspecified atom stereocenters. The van der Waals surface area contributed by atoms with Crippen LogP contribution in [-0.2, 0) is 16.0 Å². The molecule has 0 bridgehead atoms. The Kier molecular flexibility index (Phi) is 3.85. The Morgan fingerprint density at radius 1 is 1.42 bits per heavy atom. The average molecular weight is 262 g/mol. The summed E-state index contributed by atoms with van der Waals surface area (Å²) in [6, 6.07) is 7.28. The third-order valence-corrected chi connectivity index (χ3v) is 3.44. The number of fused-ring (bicyclic) bond motifs is 1. The second kappa shape index (κ2) is 5.40. The van der Waals surface area contributed by atoms with Crippen molar-refractivity contribution in [1.82, 2.24) is 10.2 Å². The molecule has 2 N–H and O–H groups in total. The second-order valence-electron chi connectivity index (χ2n) is 4.89. The van der Waals surface area contributed by atoms with Crippen LogP contribution in [0.4, 0.5) is 0 Å².